The number of hydrogen-bond acceptors (Lipinski definition) is 2. The SMILES string of the molecule is COc1cc(C(=O)CC(C)CC(C)(C)C)ccc1Br. The topological polar surface area (TPSA) is 26.3 Å². The Hall–Kier alpha value is -0.830. The highest BCUT2D eigenvalue weighted by Gasteiger charge is 2.19. The average Bonchev–Trinajstić information content (AvgIpc) is 2.26. The van der Waals surface area contributed by atoms with Crippen LogP contribution in [0.5, 0.6) is 5.75 Å². The second-order valence-corrected chi connectivity index (χ2v) is 7.20. The van der Waals surface area contributed by atoms with Crippen molar-refractivity contribution in [2.24, 2.45) is 11.3 Å². The Morgan fingerprint density at radius 3 is 2.53 bits per heavy atom. The van der Waals surface area contributed by atoms with Gasteiger partial charge in [-0.2, -0.15) is 0 Å². The van der Waals surface area contributed by atoms with Crippen LogP contribution in [0.4, 0.5) is 0 Å². The van der Waals surface area contributed by atoms with E-state index in [0.29, 0.717) is 18.1 Å². The maximum Gasteiger partial charge on any atom is 0.163 e. The number of carbonyl (C=O) groups excluding carboxylic acids is 1. The average molecular weight is 327 g/mol. The van der Waals surface area contributed by atoms with Crippen LogP contribution < -0.4 is 4.74 Å². The van der Waals surface area contributed by atoms with Crippen molar-refractivity contribution >= 4 is 21.7 Å². The number of halogens is 1. The standard InChI is InChI=1S/C16H23BrO2/c1-11(10-16(2,3)4)8-14(18)12-6-7-13(17)15(9-12)19-5/h6-7,9,11H,8,10H2,1-5H3. The van der Waals surface area contributed by atoms with E-state index >= 15 is 0 Å². The van der Waals surface area contributed by atoms with Gasteiger partial charge < -0.3 is 4.74 Å². The highest BCUT2D eigenvalue weighted by Crippen LogP contribution is 2.29. The predicted molar refractivity (Wildman–Crippen MR) is 82.9 cm³/mol. The van der Waals surface area contributed by atoms with Gasteiger partial charge in [0.15, 0.2) is 5.78 Å². The zero-order chi connectivity index (χ0) is 14.6. The molecule has 0 aliphatic carbocycles. The number of methoxy groups -OCH3 is 1. The van der Waals surface area contributed by atoms with Gasteiger partial charge in [0, 0.05) is 12.0 Å². The molecule has 0 heterocycles. The molecule has 0 radical (unpaired) electrons. The van der Waals surface area contributed by atoms with Crippen LogP contribution in [0.1, 0.15) is 50.9 Å². The smallest absolute Gasteiger partial charge is 0.163 e. The Bertz CT molecular complexity index is 447. The van der Waals surface area contributed by atoms with Crippen LogP contribution in [0.2, 0.25) is 0 Å². The molecular weight excluding hydrogens is 304 g/mol. The van der Waals surface area contributed by atoms with Gasteiger partial charge in [0.25, 0.3) is 0 Å². The lowest BCUT2D eigenvalue weighted by Gasteiger charge is -2.22. The summed E-state index contributed by atoms with van der Waals surface area (Å²) in [5.74, 6) is 1.28. The zero-order valence-electron chi connectivity index (χ0n) is 12.4. The summed E-state index contributed by atoms with van der Waals surface area (Å²) in [5, 5.41) is 0. The van der Waals surface area contributed by atoms with Crippen LogP contribution in [0.15, 0.2) is 22.7 Å². The highest BCUT2D eigenvalue weighted by molar-refractivity contribution is 9.10. The molecule has 0 fully saturated rings. The molecule has 0 saturated carbocycles. The van der Waals surface area contributed by atoms with E-state index in [1.165, 1.54) is 0 Å². The minimum Gasteiger partial charge on any atom is -0.496 e. The van der Waals surface area contributed by atoms with E-state index in [-0.39, 0.29) is 11.2 Å². The fraction of sp³-hybridized carbons (Fsp3) is 0.562. The number of ether oxygens (including phenoxy) is 1. The predicted octanol–water partition coefficient (Wildman–Crippen LogP) is 5.10. The monoisotopic (exact) mass is 326 g/mol. The molecule has 0 spiro atoms. The second-order valence-electron chi connectivity index (χ2n) is 6.35. The molecule has 19 heavy (non-hydrogen) atoms. The van der Waals surface area contributed by atoms with Crippen molar-refractivity contribution in [1.82, 2.24) is 0 Å². The van der Waals surface area contributed by atoms with Gasteiger partial charge in [-0.3, -0.25) is 4.79 Å². The van der Waals surface area contributed by atoms with Crippen molar-refractivity contribution in [2.75, 3.05) is 7.11 Å². The molecule has 0 aromatic heterocycles. The number of benzene rings is 1. The highest BCUT2D eigenvalue weighted by atomic mass is 79.9. The summed E-state index contributed by atoms with van der Waals surface area (Å²) in [6, 6.07) is 5.51. The van der Waals surface area contributed by atoms with Gasteiger partial charge >= 0.3 is 0 Å². The number of rotatable bonds is 5. The summed E-state index contributed by atoms with van der Waals surface area (Å²) in [4.78, 5) is 12.2. The van der Waals surface area contributed by atoms with Crippen molar-refractivity contribution in [3.63, 3.8) is 0 Å². The summed E-state index contributed by atoms with van der Waals surface area (Å²) >= 11 is 3.39. The number of ketones is 1. The number of carbonyl (C=O) groups is 1. The van der Waals surface area contributed by atoms with Gasteiger partial charge in [0.1, 0.15) is 5.75 Å². The molecule has 2 nitrogen and oxygen atoms in total. The molecule has 1 unspecified atom stereocenters. The first-order valence-corrected chi connectivity index (χ1v) is 7.39. The summed E-state index contributed by atoms with van der Waals surface area (Å²) < 4.78 is 6.09. The molecule has 1 aromatic rings. The molecular formula is C16H23BrO2. The zero-order valence-corrected chi connectivity index (χ0v) is 14.0. The minimum atomic E-state index is 0.183. The normalized spacial score (nSPS) is 13.2. The first kappa shape index (κ1) is 16.2. The molecule has 3 heteroatoms. The van der Waals surface area contributed by atoms with Gasteiger partial charge in [-0.25, -0.2) is 0 Å². The van der Waals surface area contributed by atoms with Crippen LogP contribution in [-0.2, 0) is 0 Å². The lowest BCUT2D eigenvalue weighted by molar-refractivity contribution is 0.0954. The third-order valence-corrected chi connectivity index (χ3v) is 3.62. The van der Waals surface area contributed by atoms with Crippen LogP contribution in [-0.4, -0.2) is 12.9 Å². The van der Waals surface area contributed by atoms with Crippen molar-refractivity contribution < 1.29 is 9.53 Å². The molecule has 1 atom stereocenters. The van der Waals surface area contributed by atoms with Crippen molar-refractivity contribution in [2.45, 2.75) is 40.5 Å². The van der Waals surface area contributed by atoms with Gasteiger partial charge in [-0.15, -0.1) is 0 Å². The van der Waals surface area contributed by atoms with Crippen LogP contribution in [0, 0.1) is 11.3 Å². The molecule has 0 N–H and O–H groups in total. The summed E-state index contributed by atoms with van der Waals surface area (Å²) in [6.07, 6.45) is 1.63. The van der Waals surface area contributed by atoms with E-state index in [1.807, 2.05) is 12.1 Å². The third-order valence-electron chi connectivity index (χ3n) is 2.97. The van der Waals surface area contributed by atoms with Gasteiger partial charge in [0.05, 0.1) is 11.6 Å². The summed E-state index contributed by atoms with van der Waals surface area (Å²) in [6.45, 7) is 8.75. The van der Waals surface area contributed by atoms with E-state index in [1.54, 1.807) is 13.2 Å². The quantitative estimate of drug-likeness (QED) is 0.703. The second kappa shape index (κ2) is 6.56. The largest absolute Gasteiger partial charge is 0.496 e. The van der Waals surface area contributed by atoms with Gasteiger partial charge in [-0.1, -0.05) is 33.8 Å². The molecule has 0 saturated heterocycles. The number of hydrogen-bond donors (Lipinski definition) is 0. The summed E-state index contributed by atoms with van der Waals surface area (Å²) in [5.41, 5.74) is 0.984. The van der Waals surface area contributed by atoms with Crippen LogP contribution >= 0.6 is 15.9 Å². The van der Waals surface area contributed by atoms with E-state index in [2.05, 4.69) is 43.6 Å². The fourth-order valence-electron chi connectivity index (χ4n) is 2.39. The Morgan fingerprint density at radius 2 is 2.00 bits per heavy atom. The molecule has 0 bridgehead atoms. The van der Waals surface area contributed by atoms with Crippen molar-refractivity contribution in [3.8, 4) is 5.75 Å². The molecule has 0 amide bonds. The van der Waals surface area contributed by atoms with Crippen molar-refractivity contribution in [3.05, 3.63) is 28.2 Å². The maximum absolute atomic E-state index is 12.2. The third kappa shape index (κ3) is 5.35. The molecule has 1 rings (SSSR count). The van der Waals surface area contributed by atoms with E-state index < -0.39 is 0 Å². The fourth-order valence-corrected chi connectivity index (χ4v) is 2.79. The van der Waals surface area contributed by atoms with E-state index in [9.17, 15) is 4.79 Å². The molecule has 1 aromatic carbocycles. The van der Waals surface area contributed by atoms with Crippen LogP contribution in [0.25, 0.3) is 0 Å². The first-order valence-electron chi connectivity index (χ1n) is 6.59. The Balaban J connectivity index is 2.73. The van der Waals surface area contributed by atoms with E-state index in [4.69, 9.17) is 4.74 Å². The molecule has 0 aliphatic heterocycles. The Kier molecular flexibility index (Phi) is 5.60. The summed E-state index contributed by atoms with van der Waals surface area (Å²) in [7, 11) is 1.61. The maximum atomic E-state index is 12.2. The number of Topliss-reactive ketones (excluding diaryl/α,β-unsaturated/α-hetero) is 1. The van der Waals surface area contributed by atoms with Gasteiger partial charge in [0.2, 0.25) is 0 Å². The molecule has 0 aliphatic rings. The van der Waals surface area contributed by atoms with Crippen LogP contribution in [0.3, 0.4) is 0 Å². The first-order chi connectivity index (χ1) is 8.73. The Labute approximate surface area is 124 Å². The van der Waals surface area contributed by atoms with E-state index in [0.717, 1.165) is 16.5 Å². The van der Waals surface area contributed by atoms with Crippen molar-refractivity contribution in [1.29, 1.82) is 0 Å². The Morgan fingerprint density at radius 1 is 1.37 bits per heavy atom. The molecule has 106 valence electrons. The van der Waals surface area contributed by atoms with Gasteiger partial charge in [-0.05, 0) is 45.8 Å². The lowest BCUT2D eigenvalue weighted by Crippen LogP contribution is -2.14. The lowest BCUT2D eigenvalue weighted by atomic mass is 9.83. The minimum absolute atomic E-state index is 0.183.